The number of aromatic nitrogens is 1. The molecule has 1 heterocycles. The zero-order valence-corrected chi connectivity index (χ0v) is 13.5. The van der Waals surface area contributed by atoms with Crippen LogP contribution in [0.2, 0.25) is 0 Å². The number of nitro groups is 1. The molecule has 0 saturated heterocycles. The van der Waals surface area contributed by atoms with E-state index in [4.69, 9.17) is 0 Å². The van der Waals surface area contributed by atoms with Crippen molar-refractivity contribution in [2.24, 2.45) is 0 Å². The van der Waals surface area contributed by atoms with E-state index in [1.807, 2.05) is 33.0 Å². The summed E-state index contributed by atoms with van der Waals surface area (Å²) in [7, 11) is 0. The van der Waals surface area contributed by atoms with Crippen LogP contribution in [0, 0.1) is 10.1 Å². The Kier molecular flexibility index (Phi) is 6.50. The number of hydrogen-bond donors (Lipinski definition) is 1. The van der Waals surface area contributed by atoms with Crippen LogP contribution in [0.5, 0.6) is 0 Å². The van der Waals surface area contributed by atoms with Crippen molar-refractivity contribution in [3.63, 3.8) is 0 Å². The Morgan fingerprint density at radius 3 is 2.59 bits per heavy atom. The molecule has 0 radical (unpaired) electrons. The van der Waals surface area contributed by atoms with Gasteiger partial charge in [-0.3, -0.25) is 14.9 Å². The lowest BCUT2D eigenvalue weighted by atomic mass is 10.0. The van der Waals surface area contributed by atoms with E-state index in [1.54, 1.807) is 13.0 Å². The number of ketones is 1. The number of fused-ring (bicyclic) bond motifs is 1. The lowest BCUT2D eigenvalue weighted by Gasteiger charge is -2.03. The smallest absolute Gasteiger partial charge is 0.271 e. The zero-order chi connectivity index (χ0) is 16.7. The van der Waals surface area contributed by atoms with Crippen molar-refractivity contribution < 1.29 is 9.72 Å². The molecule has 0 amide bonds. The summed E-state index contributed by atoms with van der Waals surface area (Å²) in [6, 6.07) is 4.77. The van der Waals surface area contributed by atoms with Crippen LogP contribution in [-0.4, -0.2) is 15.7 Å². The highest BCUT2D eigenvalue weighted by Crippen LogP contribution is 2.29. The number of benzene rings is 1. The first-order valence-electron chi connectivity index (χ1n) is 7.47. The van der Waals surface area contributed by atoms with Crippen LogP contribution >= 0.6 is 0 Å². The molecule has 0 saturated carbocycles. The lowest BCUT2D eigenvalue weighted by molar-refractivity contribution is -0.384. The molecule has 1 aromatic heterocycles. The first-order valence-corrected chi connectivity index (χ1v) is 7.47. The maximum atomic E-state index is 11.1. The Balaban J connectivity index is 0.00000116. The fraction of sp³-hybridized carbons (Fsp3) is 0.353. The Morgan fingerprint density at radius 2 is 2.05 bits per heavy atom. The summed E-state index contributed by atoms with van der Waals surface area (Å²) in [5, 5.41) is 11.7. The highest BCUT2D eigenvalue weighted by atomic mass is 16.6. The Hall–Kier alpha value is -2.43. The molecule has 0 aliphatic heterocycles. The number of nitrogens with zero attached hydrogens (tertiary/aromatic N) is 1. The second kappa shape index (κ2) is 8.12. The van der Waals surface area contributed by atoms with Crippen molar-refractivity contribution in [1.82, 2.24) is 4.98 Å². The third kappa shape index (κ3) is 4.04. The van der Waals surface area contributed by atoms with Crippen molar-refractivity contribution in [2.45, 2.75) is 40.5 Å². The third-order valence-corrected chi connectivity index (χ3v) is 3.24. The van der Waals surface area contributed by atoms with E-state index in [-0.39, 0.29) is 11.5 Å². The summed E-state index contributed by atoms with van der Waals surface area (Å²) < 4.78 is 0. The number of nitro benzene ring substituents is 1. The minimum atomic E-state index is -0.410. The fourth-order valence-electron chi connectivity index (χ4n) is 2.21. The highest BCUT2D eigenvalue weighted by Gasteiger charge is 2.11. The molecule has 2 aromatic rings. The number of allylic oxidation sites excluding steroid dienone is 2. The standard InChI is InChI=1S/C15H16N2O3.C2H6/c1-3-11(5-4-10(2)18)14-9-16-15-8-12(17(19)20)6-7-13(14)15;1-2/h5-9,16H,3-4H2,1-2H3;1-2H3/b11-5+;. The summed E-state index contributed by atoms with van der Waals surface area (Å²) in [6.07, 6.45) is 4.97. The molecule has 5 heteroatoms. The molecule has 0 aliphatic rings. The monoisotopic (exact) mass is 302 g/mol. The number of Topliss-reactive ketones (excluding diaryl/α,β-unsaturated/α-hetero) is 1. The largest absolute Gasteiger partial charge is 0.360 e. The van der Waals surface area contributed by atoms with Crippen LogP contribution in [0.1, 0.15) is 46.1 Å². The number of hydrogen-bond acceptors (Lipinski definition) is 3. The molecule has 5 nitrogen and oxygen atoms in total. The van der Waals surface area contributed by atoms with Crippen LogP contribution in [0.25, 0.3) is 16.5 Å². The minimum Gasteiger partial charge on any atom is -0.360 e. The lowest BCUT2D eigenvalue weighted by Crippen LogP contribution is -1.89. The average Bonchev–Trinajstić information content (AvgIpc) is 2.93. The molecule has 1 N–H and O–H groups in total. The van der Waals surface area contributed by atoms with Gasteiger partial charge in [0.2, 0.25) is 0 Å². The van der Waals surface area contributed by atoms with E-state index in [1.165, 1.54) is 12.1 Å². The predicted molar refractivity (Wildman–Crippen MR) is 89.9 cm³/mol. The van der Waals surface area contributed by atoms with Gasteiger partial charge in [-0.2, -0.15) is 0 Å². The summed E-state index contributed by atoms with van der Waals surface area (Å²) in [4.78, 5) is 24.5. The van der Waals surface area contributed by atoms with E-state index < -0.39 is 4.92 Å². The van der Waals surface area contributed by atoms with Gasteiger partial charge in [-0.25, -0.2) is 0 Å². The number of carbonyl (C=O) groups excluding carboxylic acids is 1. The van der Waals surface area contributed by atoms with E-state index >= 15 is 0 Å². The molecule has 22 heavy (non-hydrogen) atoms. The van der Waals surface area contributed by atoms with Crippen molar-refractivity contribution in [3.8, 4) is 0 Å². The van der Waals surface area contributed by atoms with E-state index in [9.17, 15) is 14.9 Å². The van der Waals surface area contributed by atoms with Gasteiger partial charge in [0.1, 0.15) is 5.78 Å². The van der Waals surface area contributed by atoms with Gasteiger partial charge in [-0.05, 0) is 25.0 Å². The van der Waals surface area contributed by atoms with Crippen LogP contribution in [-0.2, 0) is 4.79 Å². The molecule has 0 bridgehead atoms. The van der Waals surface area contributed by atoms with Gasteiger partial charge in [0.05, 0.1) is 10.4 Å². The SMILES string of the molecule is CC.CC/C(=C\CC(C)=O)c1c[nH]c2cc([N+](=O)[O-])ccc12. The van der Waals surface area contributed by atoms with Crippen molar-refractivity contribution in [2.75, 3.05) is 0 Å². The molecule has 0 atom stereocenters. The molecular formula is C17H22N2O3. The highest BCUT2D eigenvalue weighted by molar-refractivity contribution is 5.94. The molecule has 0 spiro atoms. The number of aromatic amines is 1. The predicted octanol–water partition coefficient (Wildman–Crippen LogP) is 4.87. The van der Waals surface area contributed by atoms with Gasteiger partial charge in [0.25, 0.3) is 5.69 Å². The molecule has 2 rings (SSSR count). The van der Waals surface area contributed by atoms with Crippen molar-refractivity contribution in [3.05, 3.63) is 46.1 Å². The normalized spacial score (nSPS) is 11.0. The second-order valence-corrected chi connectivity index (χ2v) is 4.68. The molecule has 0 aliphatic carbocycles. The topological polar surface area (TPSA) is 76.0 Å². The van der Waals surface area contributed by atoms with Gasteiger partial charge >= 0.3 is 0 Å². The third-order valence-electron chi connectivity index (χ3n) is 3.24. The van der Waals surface area contributed by atoms with E-state index in [2.05, 4.69) is 4.98 Å². The first kappa shape index (κ1) is 17.6. The summed E-state index contributed by atoms with van der Waals surface area (Å²) in [6.45, 7) is 7.58. The van der Waals surface area contributed by atoms with E-state index in [0.717, 1.165) is 28.5 Å². The van der Waals surface area contributed by atoms with Gasteiger partial charge in [-0.1, -0.05) is 26.8 Å². The van der Waals surface area contributed by atoms with Crippen LogP contribution in [0.3, 0.4) is 0 Å². The molecule has 1 aromatic carbocycles. The maximum absolute atomic E-state index is 11.1. The second-order valence-electron chi connectivity index (χ2n) is 4.68. The van der Waals surface area contributed by atoms with Crippen molar-refractivity contribution in [1.29, 1.82) is 0 Å². The Labute approximate surface area is 130 Å². The van der Waals surface area contributed by atoms with E-state index in [0.29, 0.717) is 6.42 Å². The summed E-state index contributed by atoms with van der Waals surface area (Å²) in [5.41, 5.74) is 2.87. The number of non-ortho nitro benzene ring substituents is 1. The van der Waals surface area contributed by atoms with Gasteiger partial charge in [0, 0.05) is 35.7 Å². The number of carbonyl (C=O) groups is 1. The fourth-order valence-corrected chi connectivity index (χ4v) is 2.21. The summed E-state index contributed by atoms with van der Waals surface area (Å²) >= 11 is 0. The molecular weight excluding hydrogens is 280 g/mol. The number of rotatable bonds is 5. The zero-order valence-electron chi connectivity index (χ0n) is 13.5. The number of nitrogens with one attached hydrogen (secondary N) is 1. The molecule has 118 valence electrons. The average molecular weight is 302 g/mol. The van der Waals surface area contributed by atoms with Crippen molar-refractivity contribution >= 4 is 27.9 Å². The quantitative estimate of drug-likeness (QED) is 0.632. The van der Waals surface area contributed by atoms with Crippen LogP contribution in [0.4, 0.5) is 5.69 Å². The molecule has 0 unspecified atom stereocenters. The van der Waals surface area contributed by atoms with Gasteiger partial charge < -0.3 is 4.98 Å². The van der Waals surface area contributed by atoms with Crippen LogP contribution in [0.15, 0.2) is 30.5 Å². The molecule has 0 fully saturated rings. The Morgan fingerprint density at radius 1 is 1.36 bits per heavy atom. The Bertz CT molecular complexity index is 699. The summed E-state index contributed by atoms with van der Waals surface area (Å²) in [5.74, 6) is 0.117. The minimum absolute atomic E-state index is 0.0664. The number of H-pyrrole nitrogens is 1. The van der Waals surface area contributed by atoms with Gasteiger partial charge in [0.15, 0.2) is 0 Å². The van der Waals surface area contributed by atoms with Crippen LogP contribution < -0.4 is 0 Å². The first-order chi connectivity index (χ1) is 10.5. The van der Waals surface area contributed by atoms with Gasteiger partial charge in [-0.15, -0.1) is 0 Å². The maximum Gasteiger partial charge on any atom is 0.271 e.